The SMILES string of the molecule is CC[C@@H](Oc1ccc(C)cc1C)C(=O)Nc1ccc(Cl)cc1C. The van der Waals surface area contributed by atoms with Crippen LogP contribution in [0.5, 0.6) is 5.75 Å². The van der Waals surface area contributed by atoms with Gasteiger partial charge in [0.25, 0.3) is 5.91 Å². The topological polar surface area (TPSA) is 38.3 Å². The predicted octanol–water partition coefficient (Wildman–Crippen LogP) is 5.06. The number of amides is 1. The second-order valence-corrected chi connectivity index (χ2v) is 6.17. The van der Waals surface area contributed by atoms with E-state index in [4.69, 9.17) is 16.3 Å². The maximum atomic E-state index is 12.5. The maximum absolute atomic E-state index is 12.5. The molecular weight excluding hydrogens is 310 g/mol. The summed E-state index contributed by atoms with van der Waals surface area (Å²) < 4.78 is 5.91. The van der Waals surface area contributed by atoms with Crippen LogP contribution in [0.2, 0.25) is 5.02 Å². The Morgan fingerprint density at radius 3 is 2.48 bits per heavy atom. The third kappa shape index (κ3) is 4.49. The van der Waals surface area contributed by atoms with Crippen LogP contribution >= 0.6 is 11.6 Å². The molecule has 2 aromatic carbocycles. The van der Waals surface area contributed by atoms with Crippen molar-refractivity contribution in [2.75, 3.05) is 5.32 Å². The van der Waals surface area contributed by atoms with Crippen LogP contribution in [0.25, 0.3) is 0 Å². The molecule has 23 heavy (non-hydrogen) atoms. The van der Waals surface area contributed by atoms with E-state index in [-0.39, 0.29) is 5.91 Å². The van der Waals surface area contributed by atoms with Crippen LogP contribution in [0, 0.1) is 20.8 Å². The van der Waals surface area contributed by atoms with Crippen molar-refractivity contribution in [3.8, 4) is 5.75 Å². The van der Waals surface area contributed by atoms with E-state index in [1.807, 2.05) is 52.0 Å². The minimum absolute atomic E-state index is 0.155. The Morgan fingerprint density at radius 2 is 1.87 bits per heavy atom. The van der Waals surface area contributed by atoms with Gasteiger partial charge in [0.05, 0.1) is 0 Å². The number of carbonyl (C=O) groups excluding carboxylic acids is 1. The average molecular weight is 332 g/mol. The van der Waals surface area contributed by atoms with Gasteiger partial charge in [-0.3, -0.25) is 4.79 Å². The highest BCUT2D eigenvalue weighted by molar-refractivity contribution is 6.30. The van der Waals surface area contributed by atoms with Crippen molar-refractivity contribution in [1.82, 2.24) is 0 Å². The molecule has 3 nitrogen and oxygen atoms in total. The maximum Gasteiger partial charge on any atom is 0.265 e. The van der Waals surface area contributed by atoms with Crippen molar-refractivity contribution in [2.24, 2.45) is 0 Å². The zero-order valence-electron chi connectivity index (χ0n) is 13.9. The number of benzene rings is 2. The molecule has 0 saturated carbocycles. The fourth-order valence-corrected chi connectivity index (χ4v) is 2.61. The van der Waals surface area contributed by atoms with E-state index in [1.165, 1.54) is 5.56 Å². The molecule has 1 atom stereocenters. The van der Waals surface area contributed by atoms with Crippen LogP contribution in [0.3, 0.4) is 0 Å². The number of anilines is 1. The summed E-state index contributed by atoms with van der Waals surface area (Å²) >= 11 is 5.94. The fraction of sp³-hybridized carbons (Fsp3) is 0.316. The molecule has 0 aromatic heterocycles. The molecular formula is C19H22ClNO2. The highest BCUT2D eigenvalue weighted by Crippen LogP contribution is 2.23. The largest absolute Gasteiger partial charge is 0.480 e. The van der Waals surface area contributed by atoms with E-state index in [9.17, 15) is 4.79 Å². The van der Waals surface area contributed by atoms with Gasteiger partial charge in [-0.2, -0.15) is 0 Å². The van der Waals surface area contributed by atoms with E-state index in [0.717, 1.165) is 22.6 Å². The molecule has 1 N–H and O–H groups in total. The van der Waals surface area contributed by atoms with Crippen molar-refractivity contribution in [1.29, 1.82) is 0 Å². The molecule has 122 valence electrons. The first-order valence-electron chi connectivity index (χ1n) is 7.71. The average Bonchev–Trinajstić information content (AvgIpc) is 2.49. The number of rotatable bonds is 5. The van der Waals surface area contributed by atoms with Crippen molar-refractivity contribution in [2.45, 2.75) is 40.2 Å². The van der Waals surface area contributed by atoms with Gasteiger partial charge in [0.1, 0.15) is 5.75 Å². The van der Waals surface area contributed by atoms with Gasteiger partial charge in [-0.05, 0) is 62.6 Å². The van der Waals surface area contributed by atoms with Gasteiger partial charge < -0.3 is 10.1 Å². The van der Waals surface area contributed by atoms with Gasteiger partial charge in [0.15, 0.2) is 6.10 Å². The molecule has 0 heterocycles. The summed E-state index contributed by atoms with van der Waals surface area (Å²) in [4.78, 5) is 12.5. The minimum Gasteiger partial charge on any atom is -0.480 e. The standard InChI is InChI=1S/C19H22ClNO2/c1-5-17(23-18-9-6-12(2)10-14(18)4)19(22)21-16-8-7-15(20)11-13(16)3/h6-11,17H,5H2,1-4H3,(H,21,22)/t17-/m1/s1. The zero-order valence-corrected chi connectivity index (χ0v) is 14.7. The Kier molecular flexibility index (Phi) is 5.67. The Labute approximate surface area is 142 Å². The highest BCUT2D eigenvalue weighted by Gasteiger charge is 2.20. The second kappa shape index (κ2) is 7.51. The van der Waals surface area contributed by atoms with Crippen LogP contribution in [-0.4, -0.2) is 12.0 Å². The molecule has 0 spiro atoms. The van der Waals surface area contributed by atoms with Crippen LogP contribution in [-0.2, 0) is 4.79 Å². The highest BCUT2D eigenvalue weighted by atomic mass is 35.5. The monoisotopic (exact) mass is 331 g/mol. The van der Waals surface area contributed by atoms with Gasteiger partial charge in [-0.1, -0.05) is 36.2 Å². The number of nitrogens with one attached hydrogen (secondary N) is 1. The summed E-state index contributed by atoms with van der Waals surface area (Å²) in [5, 5.41) is 3.57. The number of halogens is 1. The molecule has 4 heteroatoms. The summed E-state index contributed by atoms with van der Waals surface area (Å²) in [5.41, 5.74) is 3.87. The molecule has 2 aromatic rings. The lowest BCUT2D eigenvalue weighted by atomic mass is 10.1. The molecule has 1 amide bonds. The predicted molar refractivity (Wildman–Crippen MR) is 95.4 cm³/mol. The Hall–Kier alpha value is -2.00. The molecule has 0 aliphatic rings. The van der Waals surface area contributed by atoms with Gasteiger partial charge >= 0.3 is 0 Å². The van der Waals surface area contributed by atoms with Crippen molar-refractivity contribution < 1.29 is 9.53 Å². The van der Waals surface area contributed by atoms with E-state index >= 15 is 0 Å². The first-order chi connectivity index (χ1) is 10.9. The van der Waals surface area contributed by atoms with Gasteiger partial charge in [-0.15, -0.1) is 0 Å². The minimum atomic E-state index is -0.536. The van der Waals surface area contributed by atoms with Crippen LogP contribution in [0.4, 0.5) is 5.69 Å². The lowest BCUT2D eigenvalue weighted by Gasteiger charge is -2.19. The number of hydrogen-bond donors (Lipinski definition) is 1. The van der Waals surface area contributed by atoms with Crippen molar-refractivity contribution in [3.63, 3.8) is 0 Å². The summed E-state index contributed by atoms with van der Waals surface area (Å²) in [7, 11) is 0. The summed E-state index contributed by atoms with van der Waals surface area (Å²) in [5.74, 6) is 0.586. The van der Waals surface area contributed by atoms with Crippen molar-refractivity contribution >= 4 is 23.2 Å². The van der Waals surface area contributed by atoms with Crippen LogP contribution < -0.4 is 10.1 Å². The van der Waals surface area contributed by atoms with Crippen LogP contribution in [0.1, 0.15) is 30.0 Å². The second-order valence-electron chi connectivity index (χ2n) is 5.73. The number of carbonyl (C=O) groups is 1. The Bertz CT molecular complexity index is 713. The molecule has 0 radical (unpaired) electrons. The van der Waals surface area contributed by atoms with Gasteiger partial charge in [-0.25, -0.2) is 0 Å². The molecule has 2 rings (SSSR count). The summed E-state index contributed by atoms with van der Waals surface area (Å²) in [6.45, 7) is 7.86. The third-order valence-corrected chi connectivity index (χ3v) is 3.94. The Balaban J connectivity index is 2.12. The zero-order chi connectivity index (χ0) is 17.0. The molecule has 0 aliphatic heterocycles. The lowest BCUT2D eigenvalue weighted by Crippen LogP contribution is -2.32. The molecule has 0 fully saturated rings. The lowest BCUT2D eigenvalue weighted by molar-refractivity contribution is -0.122. The molecule has 0 bridgehead atoms. The fourth-order valence-electron chi connectivity index (χ4n) is 2.39. The quantitative estimate of drug-likeness (QED) is 0.831. The van der Waals surface area contributed by atoms with E-state index in [0.29, 0.717) is 11.4 Å². The number of ether oxygens (including phenoxy) is 1. The smallest absolute Gasteiger partial charge is 0.265 e. The molecule has 0 unspecified atom stereocenters. The number of hydrogen-bond acceptors (Lipinski definition) is 2. The Morgan fingerprint density at radius 1 is 1.13 bits per heavy atom. The summed E-state index contributed by atoms with van der Waals surface area (Å²) in [6.07, 6.45) is 0.0534. The molecule has 0 saturated heterocycles. The van der Waals surface area contributed by atoms with Crippen LogP contribution in [0.15, 0.2) is 36.4 Å². The van der Waals surface area contributed by atoms with E-state index < -0.39 is 6.10 Å². The van der Waals surface area contributed by atoms with Gasteiger partial charge in [0, 0.05) is 10.7 Å². The van der Waals surface area contributed by atoms with E-state index in [1.54, 1.807) is 12.1 Å². The molecule has 0 aliphatic carbocycles. The van der Waals surface area contributed by atoms with E-state index in [2.05, 4.69) is 5.32 Å². The van der Waals surface area contributed by atoms with Gasteiger partial charge in [0.2, 0.25) is 0 Å². The normalized spacial score (nSPS) is 11.9. The number of aryl methyl sites for hydroxylation is 3. The first-order valence-corrected chi connectivity index (χ1v) is 8.09. The third-order valence-electron chi connectivity index (χ3n) is 3.71. The summed E-state index contributed by atoms with van der Waals surface area (Å²) in [6, 6.07) is 11.3. The van der Waals surface area contributed by atoms with Crippen molar-refractivity contribution in [3.05, 3.63) is 58.1 Å². The first kappa shape index (κ1) is 17.4.